The Kier molecular flexibility index (Phi) is 3.20. The normalized spacial score (nSPS) is 34.2. The van der Waals surface area contributed by atoms with Gasteiger partial charge in [-0.2, -0.15) is 0 Å². The van der Waals surface area contributed by atoms with Crippen molar-refractivity contribution >= 4 is 0 Å². The Hall–Kier alpha value is -0.0400. The van der Waals surface area contributed by atoms with Gasteiger partial charge in [-0.1, -0.05) is 20.3 Å². The van der Waals surface area contributed by atoms with Crippen molar-refractivity contribution < 1.29 is 0 Å². The molecule has 0 spiro atoms. The van der Waals surface area contributed by atoms with Gasteiger partial charge in [0.15, 0.2) is 0 Å². The van der Waals surface area contributed by atoms with E-state index in [0.717, 1.165) is 18.3 Å². The molecule has 1 fully saturated rings. The summed E-state index contributed by atoms with van der Waals surface area (Å²) >= 11 is 0. The van der Waals surface area contributed by atoms with Crippen molar-refractivity contribution in [2.45, 2.75) is 26.2 Å². The molecule has 1 saturated heterocycles. The van der Waals surface area contributed by atoms with Crippen molar-refractivity contribution in [2.75, 3.05) is 13.1 Å². The molecule has 1 N–H and O–H groups in total. The van der Waals surface area contributed by atoms with Crippen LogP contribution in [0, 0.1) is 18.8 Å². The molecule has 0 aliphatic carbocycles. The van der Waals surface area contributed by atoms with E-state index in [1.54, 1.807) is 0 Å². The van der Waals surface area contributed by atoms with Gasteiger partial charge in [0.1, 0.15) is 0 Å². The van der Waals surface area contributed by atoms with E-state index in [-0.39, 0.29) is 0 Å². The zero-order valence-corrected chi connectivity index (χ0v) is 6.90. The first-order chi connectivity index (χ1) is 4.84. The summed E-state index contributed by atoms with van der Waals surface area (Å²) in [5, 5.41) is 3.42. The highest BCUT2D eigenvalue weighted by Crippen LogP contribution is 2.22. The van der Waals surface area contributed by atoms with Crippen molar-refractivity contribution in [3.8, 4) is 0 Å². The Balaban J connectivity index is 2.25. The highest BCUT2D eigenvalue weighted by Gasteiger charge is 2.19. The van der Waals surface area contributed by atoms with Gasteiger partial charge in [0.05, 0.1) is 0 Å². The lowest BCUT2D eigenvalue weighted by molar-refractivity contribution is 0.261. The Morgan fingerprint density at radius 1 is 1.60 bits per heavy atom. The molecule has 2 atom stereocenters. The maximum absolute atomic E-state index is 3.89. The number of nitrogens with one attached hydrogen (secondary N) is 1. The van der Waals surface area contributed by atoms with Crippen molar-refractivity contribution in [2.24, 2.45) is 11.8 Å². The molecular weight excluding hydrogens is 122 g/mol. The number of hydrogen-bond donors (Lipinski definition) is 1. The first-order valence-corrected chi connectivity index (χ1v) is 4.34. The summed E-state index contributed by atoms with van der Waals surface area (Å²) in [4.78, 5) is 0. The molecule has 1 heterocycles. The Morgan fingerprint density at radius 3 is 3.00 bits per heavy atom. The molecule has 1 heteroatoms. The van der Waals surface area contributed by atoms with E-state index < -0.39 is 0 Å². The molecule has 0 saturated carbocycles. The van der Waals surface area contributed by atoms with Gasteiger partial charge in [-0.25, -0.2) is 0 Å². The zero-order chi connectivity index (χ0) is 7.40. The molecule has 0 aromatic carbocycles. The van der Waals surface area contributed by atoms with Crippen LogP contribution in [0.25, 0.3) is 0 Å². The third kappa shape index (κ3) is 1.98. The molecule has 10 heavy (non-hydrogen) atoms. The molecule has 2 unspecified atom stereocenters. The number of rotatable bonds is 2. The SMILES string of the molecule is [CH2]CCC1CNCCC1C. The highest BCUT2D eigenvalue weighted by atomic mass is 14.9. The predicted molar refractivity (Wildman–Crippen MR) is 44.7 cm³/mol. The maximum Gasteiger partial charge on any atom is -0.00180 e. The lowest BCUT2D eigenvalue weighted by Crippen LogP contribution is -2.35. The second kappa shape index (κ2) is 3.97. The Labute approximate surface area is 64.2 Å². The molecule has 0 amide bonds. The van der Waals surface area contributed by atoms with Crippen LogP contribution in [0.3, 0.4) is 0 Å². The van der Waals surface area contributed by atoms with Gasteiger partial charge in [-0.15, -0.1) is 0 Å². The summed E-state index contributed by atoms with van der Waals surface area (Å²) in [7, 11) is 0. The minimum Gasteiger partial charge on any atom is -0.316 e. The standard InChI is InChI=1S/C9H18N/c1-3-4-9-7-10-6-5-8(9)2/h8-10H,1,3-7H2,2H3. The highest BCUT2D eigenvalue weighted by molar-refractivity contribution is 4.74. The van der Waals surface area contributed by atoms with Gasteiger partial charge in [0, 0.05) is 0 Å². The van der Waals surface area contributed by atoms with Gasteiger partial charge in [0.2, 0.25) is 0 Å². The smallest absolute Gasteiger partial charge is 0.00180 e. The van der Waals surface area contributed by atoms with Gasteiger partial charge >= 0.3 is 0 Å². The first-order valence-electron chi connectivity index (χ1n) is 4.34. The summed E-state index contributed by atoms with van der Waals surface area (Å²) in [5.74, 6) is 1.81. The molecule has 1 aliphatic rings. The second-order valence-electron chi connectivity index (χ2n) is 3.37. The molecule has 1 rings (SSSR count). The molecule has 59 valence electrons. The lowest BCUT2D eigenvalue weighted by Gasteiger charge is -2.29. The van der Waals surface area contributed by atoms with E-state index in [1.165, 1.54) is 25.9 Å². The van der Waals surface area contributed by atoms with Crippen molar-refractivity contribution in [3.05, 3.63) is 6.92 Å². The molecular formula is C9H18N. The van der Waals surface area contributed by atoms with Crippen molar-refractivity contribution in [1.29, 1.82) is 0 Å². The van der Waals surface area contributed by atoms with Crippen LogP contribution in [0.1, 0.15) is 26.2 Å². The van der Waals surface area contributed by atoms with Crippen LogP contribution in [0.4, 0.5) is 0 Å². The molecule has 0 bridgehead atoms. The van der Waals surface area contributed by atoms with E-state index in [0.29, 0.717) is 0 Å². The predicted octanol–water partition coefficient (Wildman–Crippen LogP) is 1.85. The minimum atomic E-state index is 0.895. The zero-order valence-electron chi connectivity index (χ0n) is 6.90. The minimum absolute atomic E-state index is 0.895. The third-order valence-electron chi connectivity index (χ3n) is 2.56. The number of piperidine rings is 1. The van der Waals surface area contributed by atoms with Crippen LogP contribution in [0.5, 0.6) is 0 Å². The lowest BCUT2D eigenvalue weighted by atomic mass is 9.85. The van der Waals surface area contributed by atoms with E-state index in [1.807, 2.05) is 0 Å². The fourth-order valence-corrected chi connectivity index (χ4v) is 1.70. The van der Waals surface area contributed by atoms with Crippen LogP contribution in [-0.2, 0) is 0 Å². The first kappa shape index (κ1) is 8.06. The molecule has 1 nitrogen and oxygen atoms in total. The van der Waals surface area contributed by atoms with E-state index >= 15 is 0 Å². The summed E-state index contributed by atoms with van der Waals surface area (Å²) in [6.07, 6.45) is 3.75. The fraction of sp³-hybridized carbons (Fsp3) is 0.889. The fourth-order valence-electron chi connectivity index (χ4n) is 1.70. The topological polar surface area (TPSA) is 12.0 Å². The van der Waals surface area contributed by atoms with E-state index in [9.17, 15) is 0 Å². The third-order valence-corrected chi connectivity index (χ3v) is 2.56. The molecule has 1 aliphatic heterocycles. The van der Waals surface area contributed by atoms with Gasteiger partial charge in [-0.05, 0) is 37.8 Å². The second-order valence-corrected chi connectivity index (χ2v) is 3.37. The monoisotopic (exact) mass is 140 g/mol. The largest absolute Gasteiger partial charge is 0.316 e. The average molecular weight is 140 g/mol. The molecule has 1 radical (unpaired) electrons. The summed E-state index contributed by atoms with van der Waals surface area (Å²) in [6, 6.07) is 0. The number of hydrogen-bond acceptors (Lipinski definition) is 1. The Morgan fingerprint density at radius 2 is 2.40 bits per heavy atom. The van der Waals surface area contributed by atoms with Crippen molar-refractivity contribution in [3.63, 3.8) is 0 Å². The summed E-state index contributed by atoms with van der Waals surface area (Å²) < 4.78 is 0. The van der Waals surface area contributed by atoms with Gasteiger partial charge in [0.25, 0.3) is 0 Å². The molecule has 0 aromatic heterocycles. The van der Waals surface area contributed by atoms with Gasteiger partial charge in [-0.3, -0.25) is 0 Å². The van der Waals surface area contributed by atoms with Crippen LogP contribution < -0.4 is 5.32 Å². The van der Waals surface area contributed by atoms with Crippen LogP contribution in [0.2, 0.25) is 0 Å². The van der Waals surface area contributed by atoms with Gasteiger partial charge < -0.3 is 5.32 Å². The molecule has 0 aromatic rings. The van der Waals surface area contributed by atoms with Crippen LogP contribution >= 0.6 is 0 Å². The van der Waals surface area contributed by atoms with E-state index in [4.69, 9.17) is 0 Å². The summed E-state index contributed by atoms with van der Waals surface area (Å²) in [6.45, 7) is 8.68. The van der Waals surface area contributed by atoms with Crippen molar-refractivity contribution in [1.82, 2.24) is 5.32 Å². The van der Waals surface area contributed by atoms with E-state index in [2.05, 4.69) is 19.2 Å². The quantitative estimate of drug-likeness (QED) is 0.617. The summed E-state index contributed by atoms with van der Waals surface area (Å²) in [5.41, 5.74) is 0. The van der Waals surface area contributed by atoms with Crippen LogP contribution in [-0.4, -0.2) is 13.1 Å². The average Bonchev–Trinajstić information content (AvgIpc) is 1.94. The maximum atomic E-state index is 3.89. The Bertz CT molecular complexity index is 88.7. The van der Waals surface area contributed by atoms with Crippen LogP contribution in [0.15, 0.2) is 0 Å².